The molecule has 2 aromatic rings. The number of aliphatic carboxylic acids is 1. The van der Waals surface area contributed by atoms with Crippen molar-refractivity contribution in [2.45, 2.75) is 69.9 Å². The van der Waals surface area contributed by atoms with Gasteiger partial charge >= 0.3 is 18.2 Å². The molecule has 0 saturated heterocycles. The number of hydrogen-bond donors (Lipinski definition) is 2. The molecule has 2 N–H and O–H groups in total. The van der Waals surface area contributed by atoms with Crippen LogP contribution in [0, 0.1) is 5.92 Å². The van der Waals surface area contributed by atoms with E-state index in [4.69, 9.17) is 16.3 Å². The number of nitrogens with zero attached hydrogens (tertiary/aromatic N) is 3. The molecule has 16 heteroatoms. The van der Waals surface area contributed by atoms with Crippen LogP contribution in [-0.2, 0) is 26.1 Å². The Balaban J connectivity index is 2.01. The first-order valence-corrected chi connectivity index (χ1v) is 13.7. The number of rotatable bonds is 9. The third kappa shape index (κ3) is 6.52. The van der Waals surface area contributed by atoms with E-state index >= 15 is 0 Å². The first-order valence-electron chi connectivity index (χ1n) is 11.9. The minimum atomic E-state index is -4.83. The van der Waals surface area contributed by atoms with Gasteiger partial charge < -0.3 is 14.6 Å². The third-order valence-electron chi connectivity index (χ3n) is 6.13. The van der Waals surface area contributed by atoms with Gasteiger partial charge in [0, 0.05) is 18.4 Å². The normalized spacial score (nSPS) is 16.7. The van der Waals surface area contributed by atoms with E-state index in [1.165, 1.54) is 29.1 Å². The van der Waals surface area contributed by atoms with Crippen molar-refractivity contribution < 1.29 is 45.8 Å². The van der Waals surface area contributed by atoms with Gasteiger partial charge in [0.25, 0.3) is 10.0 Å². The number of aryl methyl sites for hydroxylation is 1. The van der Waals surface area contributed by atoms with Gasteiger partial charge in [-0.15, -0.1) is 0 Å². The summed E-state index contributed by atoms with van der Waals surface area (Å²) in [6.07, 6.45) is -5.58. The summed E-state index contributed by atoms with van der Waals surface area (Å²) >= 11 is 6.13. The Bertz CT molecular complexity index is 1350. The van der Waals surface area contributed by atoms with E-state index < -0.39 is 45.9 Å². The highest BCUT2D eigenvalue weighted by Crippen LogP contribution is 2.41. The number of sulfonamides is 1. The summed E-state index contributed by atoms with van der Waals surface area (Å²) < 4.78 is 79.5. The lowest BCUT2D eigenvalue weighted by molar-refractivity contribution is -0.242. The van der Waals surface area contributed by atoms with E-state index in [2.05, 4.69) is 15.2 Å². The van der Waals surface area contributed by atoms with E-state index in [0.717, 1.165) is 4.31 Å². The molecule has 0 fully saturated rings. The van der Waals surface area contributed by atoms with Crippen LogP contribution in [0.4, 0.5) is 29.3 Å². The lowest BCUT2D eigenvalue weighted by Gasteiger charge is -2.36. The fourth-order valence-electron chi connectivity index (χ4n) is 3.77. The summed E-state index contributed by atoms with van der Waals surface area (Å²) in [4.78, 5) is 23.5. The molecule has 11 nitrogen and oxygen atoms in total. The maximum Gasteiger partial charge on any atom is 0.427 e. The molecule has 0 aliphatic carbocycles. The van der Waals surface area contributed by atoms with Crippen molar-refractivity contribution in [1.29, 1.82) is 0 Å². The molecule has 2 heterocycles. The van der Waals surface area contributed by atoms with Gasteiger partial charge in [-0.1, -0.05) is 18.5 Å². The second-order valence-electron chi connectivity index (χ2n) is 9.30. The Morgan fingerprint density at radius 3 is 2.51 bits per heavy atom. The average molecular weight is 597 g/mol. The lowest BCUT2D eigenvalue weighted by atomic mass is 9.98. The molecule has 1 aromatic heterocycles. The smallest absolute Gasteiger partial charge is 0.427 e. The summed E-state index contributed by atoms with van der Waals surface area (Å²) in [6.45, 7) is 4.81. The van der Waals surface area contributed by atoms with Crippen molar-refractivity contribution in [3.63, 3.8) is 0 Å². The van der Waals surface area contributed by atoms with E-state index in [-0.39, 0.29) is 46.6 Å². The number of alkyl halides is 3. The fraction of sp³-hybridized carbons (Fsp3) is 0.522. The van der Waals surface area contributed by atoms with Gasteiger partial charge in [-0.05, 0) is 51.8 Å². The van der Waals surface area contributed by atoms with Crippen molar-refractivity contribution in [1.82, 2.24) is 9.78 Å². The number of hydrogen-bond acceptors (Lipinski definition) is 7. The number of nitrogens with one attached hydrogen (secondary N) is 1. The number of halogens is 4. The van der Waals surface area contributed by atoms with Crippen LogP contribution in [0.25, 0.3) is 0 Å². The van der Waals surface area contributed by atoms with Crippen molar-refractivity contribution in [3.8, 4) is 5.75 Å². The molecule has 1 amide bonds. The zero-order valence-electron chi connectivity index (χ0n) is 21.5. The number of ether oxygens (including phenoxy) is 2. The molecular formula is C23H28ClF3N4O7S. The van der Waals surface area contributed by atoms with Gasteiger partial charge in [-0.3, -0.25) is 19.1 Å². The van der Waals surface area contributed by atoms with Crippen LogP contribution in [0.5, 0.6) is 5.75 Å². The topological polar surface area (TPSA) is 140 Å². The maximum absolute atomic E-state index is 13.7. The second kappa shape index (κ2) is 11.1. The summed E-state index contributed by atoms with van der Waals surface area (Å²) in [7, 11) is -4.39. The van der Waals surface area contributed by atoms with E-state index in [1.807, 2.05) is 0 Å². The standard InChI is InChI=1S/C23H28ClF3N4O7S/c1-5-13(20(32)33)9-15-11-31(39(35,36)18-12-30(6-2)29-19(18)24)16-10-14(7-8-17(16)37-15)28-21(34)38-22(3,4)23(25,26)27/h7-8,10,12-13,15H,5-6,9,11H2,1-4H3,(H,28,34)(H,32,33)/t13-,15+/m1/s1. The van der Waals surface area contributed by atoms with Crippen LogP contribution in [0.2, 0.25) is 5.15 Å². The minimum absolute atomic E-state index is 0.00189. The number of aromatic nitrogens is 2. The Kier molecular flexibility index (Phi) is 8.65. The highest BCUT2D eigenvalue weighted by molar-refractivity contribution is 7.93. The monoisotopic (exact) mass is 596 g/mol. The molecular weight excluding hydrogens is 569 g/mol. The highest BCUT2D eigenvalue weighted by Gasteiger charge is 2.51. The third-order valence-corrected chi connectivity index (χ3v) is 8.31. The number of carboxylic acid groups (broad SMARTS) is 1. The second-order valence-corrected chi connectivity index (χ2v) is 11.5. The van der Waals surface area contributed by atoms with Crippen LogP contribution in [0.3, 0.4) is 0 Å². The SMILES string of the molecule is CC[C@H](C[C@H]1CN(S(=O)(=O)c2cn(CC)nc2Cl)c2cc(NC(=O)OC(C)(C)C(F)(F)F)ccc2O1)C(=O)O. The first kappa shape index (κ1) is 30.3. The summed E-state index contributed by atoms with van der Waals surface area (Å²) in [5, 5.41) is 15.3. The van der Waals surface area contributed by atoms with Gasteiger partial charge in [-0.2, -0.15) is 18.3 Å². The maximum atomic E-state index is 13.7. The van der Waals surface area contributed by atoms with Crippen LogP contribution in [0.15, 0.2) is 29.3 Å². The van der Waals surface area contributed by atoms with Crippen molar-refractivity contribution in [2.24, 2.45) is 5.92 Å². The van der Waals surface area contributed by atoms with Gasteiger partial charge in [0.2, 0.25) is 5.60 Å². The van der Waals surface area contributed by atoms with Crippen molar-refractivity contribution >= 4 is 45.1 Å². The van der Waals surface area contributed by atoms with Crippen LogP contribution < -0.4 is 14.4 Å². The molecule has 0 spiro atoms. The van der Waals surface area contributed by atoms with Gasteiger partial charge in [-0.25, -0.2) is 13.2 Å². The van der Waals surface area contributed by atoms with Gasteiger partial charge in [0.05, 0.1) is 18.2 Å². The largest absolute Gasteiger partial charge is 0.486 e. The quantitative estimate of drug-likeness (QED) is 0.416. The number of carbonyl (C=O) groups excluding carboxylic acids is 1. The molecule has 1 aliphatic rings. The Labute approximate surface area is 227 Å². The Morgan fingerprint density at radius 1 is 1.31 bits per heavy atom. The molecule has 2 atom stereocenters. The molecule has 1 aromatic carbocycles. The van der Waals surface area contributed by atoms with E-state index in [0.29, 0.717) is 20.4 Å². The average Bonchev–Trinajstić information content (AvgIpc) is 3.22. The summed E-state index contributed by atoms with van der Waals surface area (Å²) in [5.41, 5.74) is -2.92. The van der Waals surface area contributed by atoms with Crippen LogP contribution >= 0.6 is 11.6 Å². The van der Waals surface area contributed by atoms with Crippen molar-refractivity contribution in [2.75, 3.05) is 16.2 Å². The van der Waals surface area contributed by atoms with Gasteiger partial charge in [0.1, 0.15) is 16.7 Å². The van der Waals surface area contributed by atoms with E-state index in [1.54, 1.807) is 13.8 Å². The fourth-order valence-corrected chi connectivity index (χ4v) is 5.71. The Hall–Kier alpha value is -3.20. The summed E-state index contributed by atoms with van der Waals surface area (Å²) in [6, 6.07) is 3.79. The number of anilines is 2. The molecule has 0 radical (unpaired) electrons. The predicted molar refractivity (Wildman–Crippen MR) is 135 cm³/mol. The van der Waals surface area contributed by atoms with Gasteiger partial charge in [0.15, 0.2) is 5.15 Å². The minimum Gasteiger partial charge on any atom is -0.486 e. The molecule has 3 rings (SSSR count). The predicted octanol–water partition coefficient (Wildman–Crippen LogP) is 4.90. The molecule has 39 heavy (non-hydrogen) atoms. The summed E-state index contributed by atoms with van der Waals surface area (Å²) in [5.74, 6) is -1.82. The number of carboxylic acids is 1. The zero-order valence-corrected chi connectivity index (χ0v) is 23.0. The van der Waals surface area contributed by atoms with Crippen molar-refractivity contribution in [3.05, 3.63) is 29.5 Å². The Morgan fingerprint density at radius 2 is 1.97 bits per heavy atom. The molecule has 216 valence electrons. The molecule has 0 bridgehead atoms. The number of carbonyl (C=O) groups is 2. The number of benzene rings is 1. The zero-order chi connectivity index (χ0) is 29.3. The first-order chi connectivity index (χ1) is 18.0. The molecule has 0 unspecified atom stereocenters. The number of amides is 1. The lowest BCUT2D eigenvalue weighted by Crippen LogP contribution is -2.45. The molecule has 0 saturated carbocycles. The highest BCUT2D eigenvalue weighted by atomic mass is 35.5. The van der Waals surface area contributed by atoms with E-state index in [9.17, 15) is 36.3 Å². The van der Waals surface area contributed by atoms with Crippen LogP contribution in [-0.4, -0.2) is 59.8 Å². The molecule has 1 aliphatic heterocycles. The van der Waals surface area contributed by atoms with Crippen LogP contribution in [0.1, 0.15) is 40.5 Å². The number of fused-ring (bicyclic) bond motifs is 1.